The van der Waals surface area contributed by atoms with Crippen LogP contribution in [0, 0.1) is 0 Å². The van der Waals surface area contributed by atoms with Gasteiger partial charge in [-0.05, 0) is 41.8 Å². The van der Waals surface area contributed by atoms with Crippen molar-refractivity contribution in [3.05, 3.63) is 96.1 Å². The van der Waals surface area contributed by atoms with E-state index in [1.165, 1.54) is 31.4 Å². The maximum absolute atomic E-state index is 15.1. The number of rotatable bonds is 11. The molecule has 0 bridgehead atoms. The van der Waals surface area contributed by atoms with Crippen molar-refractivity contribution in [2.75, 3.05) is 13.7 Å². The maximum atomic E-state index is 15.1. The normalized spacial score (nSPS) is 13.0. The van der Waals surface area contributed by atoms with E-state index in [4.69, 9.17) is 10.5 Å². The number of ether oxygens (including phenoxy) is 1. The predicted octanol–water partition coefficient (Wildman–Crippen LogP) is 3.66. The molecule has 3 rings (SSSR count). The van der Waals surface area contributed by atoms with Crippen molar-refractivity contribution in [3.8, 4) is 5.75 Å². The predicted molar refractivity (Wildman–Crippen MR) is 125 cm³/mol. The van der Waals surface area contributed by atoms with Gasteiger partial charge in [0.25, 0.3) is 0 Å². The number of sulfonamides is 1. The Morgan fingerprint density at radius 2 is 1.47 bits per heavy atom. The van der Waals surface area contributed by atoms with Crippen LogP contribution in [0.1, 0.15) is 11.1 Å². The smallest absolute Gasteiger partial charge is 0.320 e. The van der Waals surface area contributed by atoms with Crippen molar-refractivity contribution in [1.29, 1.82) is 0 Å². The van der Waals surface area contributed by atoms with Gasteiger partial charge in [0.1, 0.15) is 5.75 Å². The van der Waals surface area contributed by atoms with Crippen LogP contribution < -0.4 is 10.5 Å². The highest BCUT2D eigenvalue weighted by molar-refractivity contribution is 7.89. The lowest BCUT2D eigenvalue weighted by atomic mass is 9.99. The Bertz CT molecular complexity index is 1190. The van der Waals surface area contributed by atoms with Crippen molar-refractivity contribution < 1.29 is 26.7 Å². The summed E-state index contributed by atoms with van der Waals surface area (Å²) in [6.45, 7) is -1.68. The summed E-state index contributed by atoms with van der Waals surface area (Å²) in [5, 5.41) is 0. The second-order valence-electron chi connectivity index (χ2n) is 7.80. The highest BCUT2D eigenvalue weighted by atomic mass is 32.2. The molecule has 0 aliphatic heterocycles. The number of nitrogens with zero attached hydrogens (tertiary/aromatic N) is 1. The van der Waals surface area contributed by atoms with Crippen molar-refractivity contribution in [3.63, 3.8) is 0 Å². The fourth-order valence-electron chi connectivity index (χ4n) is 3.44. The minimum absolute atomic E-state index is 0.0841. The third-order valence-electron chi connectivity index (χ3n) is 5.27. The Kier molecular flexibility index (Phi) is 8.14. The fraction of sp³-hybridized carbons (Fsp3) is 0.240. The number of carbonyl (C=O) groups is 1. The first-order valence-corrected chi connectivity index (χ1v) is 12.0. The summed E-state index contributed by atoms with van der Waals surface area (Å²) >= 11 is 0. The molecular weight excluding hydrogens is 462 g/mol. The van der Waals surface area contributed by atoms with Crippen molar-refractivity contribution in [1.82, 2.24) is 4.31 Å². The van der Waals surface area contributed by atoms with Gasteiger partial charge < -0.3 is 10.5 Å². The van der Waals surface area contributed by atoms with Gasteiger partial charge in [-0.25, -0.2) is 8.42 Å². The standard InChI is InChI=1S/C25H26F2N2O4S/c1-33-21-12-14-22(15-13-21)34(31,32)29(17-20-10-6-3-7-11-20)18-25(26,27)24(30)23(28)16-19-8-4-2-5-9-19/h2-15,23H,16-18,28H2,1H3/t23-/m0/s1. The van der Waals surface area contributed by atoms with Gasteiger partial charge >= 0.3 is 5.92 Å². The van der Waals surface area contributed by atoms with Crippen LogP contribution in [0.15, 0.2) is 89.8 Å². The number of nitrogens with two attached hydrogens (primary N) is 1. The first kappa shape index (κ1) is 25.5. The Morgan fingerprint density at radius 3 is 2.00 bits per heavy atom. The van der Waals surface area contributed by atoms with Crippen molar-refractivity contribution in [2.45, 2.75) is 29.8 Å². The van der Waals surface area contributed by atoms with Crippen LogP contribution in [-0.4, -0.2) is 44.1 Å². The second-order valence-corrected chi connectivity index (χ2v) is 9.74. The zero-order chi connectivity index (χ0) is 24.8. The largest absolute Gasteiger partial charge is 0.497 e. The Morgan fingerprint density at radius 1 is 0.941 bits per heavy atom. The van der Waals surface area contributed by atoms with Gasteiger partial charge in [0, 0.05) is 6.54 Å². The lowest BCUT2D eigenvalue weighted by molar-refractivity contribution is -0.145. The molecule has 9 heteroatoms. The lowest BCUT2D eigenvalue weighted by Crippen LogP contribution is -2.51. The Hall–Kier alpha value is -3.14. The molecule has 0 fully saturated rings. The molecule has 1 atom stereocenters. The molecule has 0 amide bonds. The second kappa shape index (κ2) is 10.9. The Balaban J connectivity index is 1.88. The Labute approximate surface area is 198 Å². The molecule has 2 N–H and O–H groups in total. The van der Waals surface area contributed by atoms with E-state index in [0.717, 1.165) is 0 Å². The van der Waals surface area contributed by atoms with E-state index in [2.05, 4.69) is 0 Å². The number of benzene rings is 3. The third kappa shape index (κ3) is 6.25. The molecule has 180 valence electrons. The molecule has 0 aliphatic carbocycles. The SMILES string of the molecule is COc1ccc(S(=O)(=O)N(Cc2ccccc2)CC(F)(F)C(=O)[C@@H](N)Cc2ccccc2)cc1. The summed E-state index contributed by atoms with van der Waals surface area (Å²) < 4.78 is 62.5. The molecule has 0 heterocycles. The minimum atomic E-state index is -4.37. The molecule has 3 aromatic rings. The zero-order valence-corrected chi connectivity index (χ0v) is 19.4. The monoisotopic (exact) mass is 488 g/mol. The molecular formula is C25H26F2N2O4S. The summed E-state index contributed by atoms with van der Waals surface area (Å²) in [5.74, 6) is -5.09. The van der Waals surface area contributed by atoms with Crippen LogP contribution in [0.4, 0.5) is 8.78 Å². The topological polar surface area (TPSA) is 89.7 Å². The molecule has 0 spiro atoms. The average Bonchev–Trinajstić information content (AvgIpc) is 2.84. The third-order valence-corrected chi connectivity index (χ3v) is 7.08. The molecule has 0 aliphatic rings. The average molecular weight is 489 g/mol. The van der Waals surface area contributed by atoms with E-state index in [-0.39, 0.29) is 17.9 Å². The fourth-order valence-corrected chi connectivity index (χ4v) is 4.87. The lowest BCUT2D eigenvalue weighted by Gasteiger charge is -2.27. The quantitative estimate of drug-likeness (QED) is 0.445. The summed E-state index contributed by atoms with van der Waals surface area (Å²) in [4.78, 5) is 12.4. The number of Topliss-reactive ketones (excluding diaryl/α,β-unsaturated/α-hetero) is 1. The van der Waals surface area contributed by atoms with E-state index in [9.17, 15) is 13.2 Å². The van der Waals surface area contributed by atoms with Gasteiger partial charge in [-0.3, -0.25) is 4.79 Å². The van der Waals surface area contributed by atoms with Crippen molar-refractivity contribution in [2.24, 2.45) is 5.73 Å². The summed E-state index contributed by atoms with van der Waals surface area (Å²) in [6.07, 6.45) is -0.0841. The number of hydrogen-bond donors (Lipinski definition) is 1. The van der Waals surface area contributed by atoms with Crippen molar-refractivity contribution >= 4 is 15.8 Å². The molecule has 0 unspecified atom stereocenters. The van der Waals surface area contributed by atoms with Crippen LogP contribution in [0.25, 0.3) is 0 Å². The molecule has 0 radical (unpaired) electrons. The van der Waals surface area contributed by atoms with Gasteiger partial charge in [-0.15, -0.1) is 0 Å². The van der Waals surface area contributed by atoms with Crippen LogP contribution >= 0.6 is 0 Å². The number of carbonyl (C=O) groups excluding carboxylic acids is 1. The van der Waals surface area contributed by atoms with Crippen LogP contribution in [-0.2, 0) is 27.8 Å². The first-order chi connectivity index (χ1) is 16.1. The minimum Gasteiger partial charge on any atom is -0.497 e. The summed E-state index contributed by atoms with van der Waals surface area (Å²) in [7, 11) is -2.94. The van der Waals surface area contributed by atoms with E-state index < -0.39 is 34.3 Å². The van der Waals surface area contributed by atoms with E-state index in [0.29, 0.717) is 21.2 Å². The van der Waals surface area contributed by atoms with Crippen LogP contribution in [0.2, 0.25) is 0 Å². The van der Waals surface area contributed by atoms with Gasteiger partial charge in [-0.1, -0.05) is 60.7 Å². The van der Waals surface area contributed by atoms with Gasteiger partial charge in [0.15, 0.2) is 0 Å². The number of methoxy groups -OCH3 is 1. The number of ketones is 1. The highest BCUT2D eigenvalue weighted by Gasteiger charge is 2.45. The summed E-state index contributed by atoms with van der Waals surface area (Å²) in [6, 6.07) is 20.8. The van der Waals surface area contributed by atoms with E-state index in [1.54, 1.807) is 60.7 Å². The van der Waals surface area contributed by atoms with Crippen LogP contribution in [0.3, 0.4) is 0 Å². The van der Waals surface area contributed by atoms with Gasteiger partial charge in [0.05, 0.1) is 24.6 Å². The molecule has 0 aromatic heterocycles. The van der Waals surface area contributed by atoms with Gasteiger partial charge in [-0.2, -0.15) is 13.1 Å². The number of halogens is 2. The zero-order valence-electron chi connectivity index (χ0n) is 18.6. The molecule has 0 saturated heterocycles. The van der Waals surface area contributed by atoms with E-state index >= 15 is 8.78 Å². The highest BCUT2D eigenvalue weighted by Crippen LogP contribution is 2.27. The first-order valence-electron chi connectivity index (χ1n) is 10.5. The molecule has 34 heavy (non-hydrogen) atoms. The van der Waals surface area contributed by atoms with Crippen LogP contribution in [0.5, 0.6) is 5.75 Å². The summed E-state index contributed by atoms with van der Waals surface area (Å²) in [5.41, 5.74) is 6.93. The molecule has 0 saturated carbocycles. The maximum Gasteiger partial charge on any atom is 0.320 e. The molecule has 6 nitrogen and oxygen atoms in total. The van der Waals surface area contributed by atoms with Gasteiger partial charge in [0.2, 0.25) is 15.8 Å². The number of alkyl halides is 2. The molecule has 3 aromatic carbocycles. The van der Waals surface area contributed by atoms with E-state index in [1.807, 2.05) is 0 Å². The number of hydrogen-bond acceptors (Lipinski definition) is 5.